The number of pyridine rings is 1. The van der Waals surface area contributed by atoms with Gasteiger partial charge in [-0.3, -0.25) is 0 Å². The molecule has 1 spiro atoms. The fourth-order valence-electron chi connectivity index (χ4n) is 5.93. The second kappa shape index (κ2) is 7.79. The van der Waals surface area contributed by atoms with Gasteiger partial charge >= 0.3 is 0 Å². The highest BCUT2D eigenvalue weighted by Gasteiger charge is 2.51. The normalized spacial score (nSPS) is 28.7. The first-order valence-electron chi connectivity index (χ1n) is 11.4. The van der Waals surface area contributed by atoms with Crippen molar-refractivity contribution in [1.82, 2.24) is 9.61 Å². The molecule has 1 saturated heterocycles. The summed E-state index contributed by atoms with van der Waals surface area (Å²) in [5.74, 6) is 0.117. The topological polar surface area (TPSA) is 62.8 Å². The minimum atomic E-state index is -0.414. The third-order valence-electron chi connectivity index (χ3n) is 7.27. The smallest absolute Gasteiger partial charge is 0.171 e. The molecule has 2 atom stereocenters. The molecule has 6 nitrogen and oxygen atoms in total. The standard InChI is InChI=1S/C25H24BrFN4O2/c1-15-12-30(23-5-3-19(10-28)31-24(23)22(27)11-29-31)13-20(33-15)6-16-8-25(9-16)21-4-2-18(26)7-17(21)14-32-25/h2-5,7,11,15-16,20H,6,8-9,12-14H2,1H3/t15-,16?,20+,25?/m1/s1. The van der Waals surface area contributed by atoms with Crippen molar-refractivity contribution in [2.75, 3.05) is 18.0 Å². The molecule has 1 aromatic carbocycles. The molecule has 8 heteroatoms. The molecule has 0 N–H and O–H groups in total. The van der Waals surface area contributed by atoms with E-state index >= 15 is 0 Å². The van der Waals surface area contributed by atoms with Gasteiger partial charge < -0.3 is 14.4 Å². The van der Waals surface area contributed by atoms with Crippen LogP contribution in [0.25, 0.3) is 5.52 Å². The summed E-state index contributed by atoms with van der Waals surface area (Å²) in [6.07, 6.45) is 4.23. The van der Waals surface area contributed by atoms with E-state index in [9.17, 15) is 9.65 Å². The summed E-state index contributed by atoms with van der Waals surface area (Å²) in [4.78, 5) is 2.17. The van der Waals surface area contributed by atoms with Crippen LogP contribution in [0, 0.1) is 23.1 Å². The van der Waals surface area contributed by atoms with Crippen LogP contribution in [-0.2, 0) is 21.7 Å². The largest absolute Gasteiger partial charge is 0.372 e. The number of benzene rings is 1. The molecule has 33 heavy (non-hydrogen) atoms. The maximum Gasteiger partial charge on any atom is 0.171 e. The van der Waals surface area contributed by atoms with Crippen LogP contribution in [0.1, 0.15) is 43.0 Å². The fraction of sp³-hybridized carbons (Fsp3) is 0.440. The van der Waals surface area contributed by atoms with Gasteiger partial charge in [-0.1, -0.05) is 22.0 Å². The van der Waals surface area contributed by atoms with Crippen molar-refractivity contribution in [3.63, 3.8) is 0 Å². The van der Waals surface area contributed by atoms with Crippen LogP contribution < -0.4 is 4.90 Å². The zero-order valence-electron chi connectivity index (χ0n) is 18.3. The summed E-state index contributed by atoms with van der Waals surface area (Å²) in [5.41, 5.74) is 3.90. The molecule has 170 valence electrons. The monoisotopic (exact) mass is 510 g/mol. The molecule has 4 heterocycles. The zero-order chi connectivity index (χ0) is 22.7. The Morgan fingerprint density at radius 2 is 2.12 bits per heavy atom. The van der Waals surface area contributed by atoms with E-state index in [1.807, 2.05) is 6.07 Å². The van der Waals surface area contributed by atoms with E-state index in [0.29, 0.717) is 36.8 Å². The van der Waals surface area contributed by atoms with Gasteiger partial charge in [0.25, 0.3) is 0 Å². The first-order valence-corrected chi connectivity index (χ1v) is 12.1. The number of halogens is 2. The van der Waals surface area contributed by atoms with Crippen molar-refractivity contribution in [2.45, 2.75) is 50.6 Å². The van der Waals surface area contributed by atoms with Gasteiger partial charge in [0.15, 0.2) is 5.82 Å². The van der Waals surface area contributed by atoms with Crippen LogP contribution >= 0.6 is 15.9 Å². The lowest BCUT2D eigenvalue weighted by atomic mass is 9.65. The van der Waals surface area contributed by atoms with Crippen molar-refractivity contribution in [3.8, 4) is 6.07 Å². The molecule has 1 aliphatic carbocycles. The Morgan fingerprint density at radius 3 is 2.94 bits per heavy atom. The summed E-state index contributed by atoms with van der Waals surface area (Å²) in [5, 5.41) is 13.4. The minimum Gasteiger partial charge on any atom is -0.372 e. The van der Waals surface area contributed by atoms with Crippen molar-refractivity contribution in [2.24, 2.45) is 5.92 Å². The van der Waals surface area contributed by atoms with E-state index in [1.54, 1.807) is 6.07 Å². The quantitative estimate of drug-likeness (QED) is 0.499. The lowest BCUT2D eigenvalue weighted by Gasteiger charge is -2.47. The maximum atomic E-state index is 14.6. The van der Waals surface area contributed by atoms with Crippen molar-refractivity contribution < 1.29 is 13.9 Å². The van der Waals surface area contributed by atoms with Gasteiger partial charge in [-0.05, 0) is 67.5 Å². The van der Waals surface area contributed by atoms with Gasteiger partial charge in [-0.25, -0.2) is 8.91 Å². The number of rotatable bonds is 3. The Hall–Kier alpha value is -2.47. The van der Waals surface area contributed by atoms with E-state index in [1.165, 1.54) is 21.8 Å². The maximum absolute atomic E-state index is 14.6. The van der Waals surface area contributed by atoms with Gasteiger partial charge in [-0.2, -0.15) is 10.4 Å². The van der Waals surface area contributed by atoms with Crippen LogP contribution in [0.2, 0.25) is 0 Å². The molecule has 3 aromatic rings. The van der Waals surface area contributed by atoms with Crippen molar-refractivity contribution >= 4 is 27.1 Å². The average Bonchev–Trinajstić information content (AvgIpc) is 3.34. The Kier molecular flexibility index (Phi) is 4.98. The van der Waals surface area contributed by atoms with Crippen molar-refractivity contribution in [1.29, 1.82) is 5.26 Å². The number of hydrogen-bond acceptors (Lipinski definition) is 5. The van der Waals surface area contributed by atoms with Crippen LogP contribution in [0.4, 0.5) is 10.1 Å². The number of fused-ring (bicyclic) bond motifs is 3. The van der Waals surface area contributed by atoms with Gasteiger partial charge in [0, 0.05) is 17.6 Å². The van der Waals surface area contributed by atoms with Gasteiger partial charge in [0.05, 0.1) is 36.3 Å². The second-order valence-electron chi connectivity index (χ2n) is 9.54. The van der Waals surface area contributed by atoms with Crippen LogP contribution in [0.15, 0.2) is 41.0 Å². The first-order chi connectivity index (χ1) is 16.0. The molecular formula is C25H24BrFN4O2. The van der Waals surface area contributed by atoms with Crippen LogP contribution in [0.3, 0.4) is 0 Å². The number of morpholine rings is 1. The molecule has 2 aromatic heterocycles. The Balaban J connectivity index is 1.18. The lowest BCUT2D eigenvalue weighted by Crippen LogP contribution is -2.49. The fourth-order valence-corrected chi connectivity index (χ4v) is 6.34. The van der Waals surface area contributed by atoms with Gasteiger partial charge in [0.1, 0.15) is 17.3 Å². The van der Waals surface area contributed by atoms with Crippen molar-refractivity contribution in [3.05, 3.63) is 63.6 Å². The number of nitriles is 1. The molecule has 3 aliphatic rings. The van der Waals surface area contributed by atoms with E-state index in [4.69, 9.17) is 9.47 Å². The number of hydrogen-bond donors (Lipinski definition) is 0. The van der Waals surface area contributed by atoms with E-state index in [0.717, 1.165) is 29.4 Å². The highest BCUT2D eigenvalue weighted by atomic mass is 79.9. The highest BCUT2D eigenvalue weighted by molar-refractivity contribution is 9.10. The molecular weight excluding hydrogens is 487 g/mol. The predicted molar refractivity (Wildman–Crippen MR) is 124 cm³/mol. The summed E-state index contributed by atoms with van der Waals surface area (Å²) in [6, 6.07) is 12.1. The number of aromatic nitrogens is 2. The third kappa shape index (κ3) is 3.45. The number of ether oxygens (including phenoxy) is 2. The molecule has 6 rings (SSSR count). The predicted octanol–water partition coefficient (Wildman–Crippen LogP) is 4.93. The van der Waals surface area contributed by atoms with E-state index < -0.39 is 5.82 Å². The zero-order valence-corrected chi connectivity index (χ0v) is 19.9. The second-order valence-corrected chi connectivity index (χ2v) is 10.5. The SMILES string of the molecule is C[C@@H]1CN(c2ccc(C#N)n3ncc(F)c23)C[C@H](CC2CC3(C2)OCc2cc(Br)ccc23)O1. The average molecular weight is 511 g/mol. The van der Waals surface area contributed by atoms with E-state index in [-0.39, 0.29) is 17.8 Å². The Morgan fingerprint density at radius 1 is 1.27 bits per heavy atom. The summed E-state index contributed by atoms with van der Waals surface area (Å²) >= 11 is 3.55. The first kappa shape index (κ1) is 21.1. The molecule has 2 fully saturated rings. The molecule has 0 amide bonds. The van der Waals surface area contributed by atoms with Gasteiger partial charge in [0.2, 0.25) is 0 Å². The number of anilines is 1. The molecule has 2 aliphatic heterocycles. The molecule has 0 unspecified atom stereocenters. The molecule has 1 saturated carbocycles. The summed E-state index contributed by atoms with van der Waals surface area (Å²) < 4.78 is 29.6. The van der Waals surface area contributed by atoms with Crippen LogP contribution in [-0.4, -0.2) is 34.9 Å². The van der Waals surface area contributed by atoms with Crippen LogP contribution in [0.5, 0.6) is 0 Å². The lowest BCUT2D eigenvalue weighted by molar-refractivity contribution is -0.139. The van der Waals surface area contributed by atoms with E-state index in [2.05, 4.69) is 57.1 Å². The summed E-state index contributed by atoms with van der Waals surface area (Å²) in [7, 11) is 0. The summed E-state index contributed by atoms with van der Waals surface area (Å²) in [6.45, 7) is 4.09. The third-order valence-corrected chi connectivity index (χ3v) is 7.76. The molecule has 0 bridgehead atoms. The minimum absolute atomic E-state index is 0.0280. The van der Waals surface area contributed by atoms with Gasteiger partial charge in [-0.15, -0.1) is 0 Å². The molecule has 0 radical (unpaired) electrons. The Bertz CT molecular complexity index is 1280. The number of nitrogens with zero attached hydrogens (tertiary/aromatic N) is 4. The highest BCUT2D eigenvalue weighted by Crippen LogP contribution is 2.55. The Labute approximate surface area is 200 Å².